The Kier molecular flexibility index (Phi) is 4.91. The van der Waals surface area contributed by atoms with Crippen LogP contribution in [-0.2, 0) is 4.79 Å². The molecule has 28 heavy (non-hydrogen) atoms. The number of amides is 1. The third kappa shape index (κ3) is 3.94. The number of halogens is 1. The van der Waals surface area contributed by atoms with Gasteiger partial charge in [0.05, 0.1) is 5.69 Å². The van der Waals surface area contributed by atoms with Gasteiger partial charge in [0.2, 0.25) is 5.91 Å². The van der Waals surface area contributed by atoms with Crippen LogP contribution >= 0.6 is 11.6 Å². The molecule has 3 aromatic carbocycles. The van der Waals surface area contributed by atoms with Gasteiger partial charge >= 0.3 is 0 Å². The van der Waals surface area contributed by atoms with E-state index in [0.717, 1.165) is 22.3 Å². The van der Waals surface area contributed by atoms with Crippen LogP contribution in [0.1, 0.15) is 11.1 Å². The van der Waals surface area contributed by atoms with Gasteiger partial charge in [-0.05, 0) is 60.5 Å². The highest BCUT2D eigenvalue weighted by molar-refractivity contribution is 6.30. The summed E-state index contributed by atoms with van der Waals surface area (Å²) in [6.45, 7) is 1.93. The van der Waals surface area contributed by atoms with E-state index in [-0.39, 0.29) is 5.91 Å². The number of para-hydroxylation sites is 1. The monoisotopic (exact) mass is 388 g/mol. The summed E-state index contributed by atoms with van der Waals surface area (Å²) in [6, 6.07) is 20.7. The Morgan fingerprint density at radius 3 is 2.39 bits per heavy atom. The summed E-state index contributed by atoms with van der Waals surface area (Å²) in [5.41, 5.74) is 4.90. The fraction of sp³-hybridized carbons (Fsp3) is 0.0455. The number of aryl methyl sites for hydroxylation is 1. The van der Waals surface area contributed by atoms with Crippen molar-refractivity contribution >= 4 is 40.3 Å². The Balaban J connectivity index is 1.55. The summed E-state index contributed by atoms with van der Waals surface area (Å²) in [7, 11) is 0. The Morgan fingerprint density at radius 1 is 1.00 bits per heavy atom. The van der Waals surface area contributed by atoms with Gasteiger partial charge in [0.25, 0.3) is 0 Å². The second-order valence-corrected chi connectivity index (χ2v) is 6.79. The lowest BCUT2D eigenvalue weighted by Gasteiger charge is -2.05. The maximum Gasteiger partial charge on any atom is 0.248 e. The molecule has 0 aliphatic carbocycles. The van der Waals surface area contributed by atoms with E-state index in [9.17, 15) is 4.79 Å². The van der Waals surface area contributed by atoms with Crippen molar-refractivity contribution in [2.24, 2.45) is 0 Å². The molecule has 0 aliphatic rings. The maximum atomic E-state index is 12.3. The fourth-order valence-corrected chi connectivity index (χ4v) is 2.93. The zero-order valence-electron chi connectivity index (χ0n) is 15.1. The number of carbonyl (C=O) groups excluding carboxylic acids is 1. The van der Waals surface area contributed by atoms with E-state index in [1.54, 1.807) is 23.0 Å². The third-order valence-electron chi connectivity index (χ3n) is 4.27. The van der Waals surface area contributed by atoms with Gasteiger partial charge in [-0.1, -0.05) is 41.9 Å². The molecule has 4 rings (SSSR count). The Morgan fingerprint density at radius 2 is 1.68 bits per heavy atom. The smallest absolute Gasteiger partial charge is 0.248 e. The van der Waals surface area contributed by atoms with Gasteiger partial charge in [-0.3, -0.25) is 4.79 Å². The number of nitrogens with one attached hydrogen (secondary N) is 1. The Labute approximate surface area is 167 Å². The van der Waals surface area contributed by atoms with Crippen molar-refractivity contribution in [3.05, 3.63) is 89.0 Å². The van der Waals surface area contributed by atoms with Gasteiger partial charge in [0.15, 0.2) is 0 Å². The molecule has 4 aromatic rings. The number of hydrogen-bond acceptors (Lipinski definition) is 3. The lowest BCUT2D eigenvalue weighted by Crippen LogP contribution is -2.08. The van der Waals surface area contributed by atoms with Crippen LogP contribution in [0.3, 0.4) is 0 Å². The van der Waals surface area contributed by atoms with Crippen LogP contribution in [0.5, 0.6) is 0 Å². The molecule has 5 nitrogen and oxygen atoms in total. The van der Waals surface area contributed by atoms with Crippen LogP contribution < -0.4 is 5.32 Å². The average Bonchev–Trinajstić information content (AvgIpc) is 3.11. The number of benzene rings is 3. The van der Waals surface area contributed by atoms with Crippen molar-refractivity contribution < 1.29 is 4.79 Å². The molecule has 0 aliphatic heterocycles. The molecule has 1 heterocycles. The summed E-state index contributed by atoms with van der Waals surface area (Å²) in [4.78, 5) is 13.9. The van der Waals surface area contributed by atoms with Crippen molar-refractivity contribution in [2.75, 3.05) is 5.32 Å². The quantitative estimate of drug-likeness (QED) is 0.498. The first-order chi connectivity index (χ1) is 13.6. The topological polar surface area (TPSA) is 59.8 Å². The maximum absolute atomic E-state index is 12.3. The molecule has 0 unspecified atom stereocenters. The third-order valence-corrected chi connectivity index (χ3v) is 4.52. The zero-order valence-corrected chi connectivity index (χ0v) is 15.9. The number of fused-ring (bicyclic) bond motifs is 1. The molecule has 1 aromatic heterocycles. The van der Waals surface area contributed by atoms with Gasteiger partial charge < -0.3 is 5.32 Å². The van der Waals surface area contributed by atoms with Crippen LogP contribution in [0.4, 0.5) is 5.69 Å². The van der Waals surface area contributed by atoms with E-state index in [1.165, 1.54) is 6.08 Å². The molecular formula is C22H17ClN4O. The summed E-state index contributed by atoms with van der Waals surface area (Å²) >= 11 is 5.87. The minimum atomic E-state index is -0.215. The standard InChI is InChI=1S/C22H17ClN4O/c1-15-13-20-21(26-27(25-20)18-5-3-2-4-6-18)14-19(15)24-22(28)12-9-16-7-10-17(23)11-8-16/h2-14H,1H3,(H,24,28). The minimum Gasteiger partial charge on any atom is -0.322 e. The fourth-order valence-electron chi connectivity index (χ4n) is 2.80. The summed E-state index contributed by atoms with van der Waals surface area (Å²) in [5, 5.41) is 12.6. The molecule has 138 valence electrons. The Hall–Kier alpha value is -3.44. The Bertz CT molecular complexity index is 1160. The molecule has 0 radical (unpaired) electrons. The van der Waals surface area contributed by atoms with Gasteiger partial charge in [-0.25, -0.2) is 0 Å². The predicted octanol–water partition coefficient (Wildman–Crippen LogP) is 5.03. The van der Waals surface area contributed by atoms with Gasteiger partial charge in [0.1, 0.15) is 11.0 Å². The SMILES string of the molecule is Cc1cc2nn(-c3ccccc3)nc2cc1NC(=O)C=Cc1ccc(Cl)cc1. The molecule has 1 N–H and O–H groups in total. The molecule has 0 saturated heterocycles. The molecule has 6 heteroatoms. The second kappa shape index (κ2) is 7.66. The average molecular weight is 389 g/mol. The number of hydrogen-bond donors (Lipinski definition) is 1. The van der Waals surface area contributed by atoms with Crippen LogP contribution in [0.25, 0.3) is 22.8 Å². The molecule has 0 fully saturated rings. The summed E-state index contributed by atoms with van der Waals surface area (Å²) in [5.74, 6) is -0.215. The van der Waals surface area contributed by atoms with Crippen molar-refractivity contribution in [3.63, 3.8) is 0 Å². The number of nitrogens with zero attached hydrogens (tertiary/aromatic N) is 3. The van der Waals surface area contributed by atoms with E-state index in [2.05, 4.69) is 15.5 Å². The van der Waals surface area contributed by atoms with Crippen LogP contribution in [0.15, 0.2) is 72.8 Å². The van der Waals surface area contributed by atoms with Crippen molar-refractivity contribution in [3.8, 4) is 5.69 Å². The molecular weight excluding hydrogens is 372 g/mol. The predicted molar refractivity (Wildman–Crippen MR) is 113 cm³/mol. The largest absolute Gasteiger partial charge is 0.322 e. The van der Waals surface area contributed by atoms with E-state index in [4.69, 9.17) is 11.6 Å². The zero-order chi connectivity index (χ0) is 19.5. The lowest BCUT2D eigenvalue weighted by atomic mass is 10.1. The molecule has 0 bridgehead atoms. The van der Waals surface area contributed by atoms with E-state index < -0.39 is 0 Å². The highest BCUT2D eigenvalue weighted by atomic mass is 35.5. The number of anilines is 1. The van der Waals surface area contributed by atoms with Crippen molar-refractivity contribution in [2.45, 2.75) is 6.92 Å². The number of carbonyl (C=O) groups is 1. The van der Waals surface area contributed by atoms with E-state index >= 15 is 0 Å². The van der Waals surface area contributed by atoms with E-state index in [1.807, 2.05) is 61.5 Å². The first-order valence-corrected chi connectivity index (χ1v) is 9.14. The minimum absolute atomic E-state index is 0.215. The van der Waals surface area contributed by atoms with Gasteiger partial charge in [0, 0.05) is 16.8 Å². The molecule has 0 atom stereocenters. The first-order valence-electron chi connectivity index (χ1n) is 8.76. The lowest BCUT2D eigenvalue weighted by molar-refractivity contribution is -0.111. The van der Waals surface area contributed by atoms with Crippen LogP contribution in [-0.4, -0.2) is 20.9 Å². The van der Waals surface area contributed by atoms with Crippen LogP contribution in [0, 0.1) is 6.92 Å². The summed E-state index contributed by atoms with van der Waals surface area (Å²) in [6.07, 6.45) is 3.24. The molecule has 0 saturated carbocycles. The highest BCUT2D eigenvalue weighted by Gasteiger charge is 2.09. The van der Waals surface area contributed by atoms with E-state index in [0.29, 0.717) is 16.2 Å². The highest BCUT2D eigenvalue weighted by Crippen LogP contribution is 2.22. The van der Waals surface area contributed by atoms with Crippen molar-refractivity contribution in [1.29, 1.82) is 0 Å². The molecule has 0 spiro atoms. The van der Waals surface area contributed by atoms with Crippen LogP contribution in [0.2, 0.25) is 5.02 Å². The normalized spacial score (nSPS) is 11.2. The number of rotatable bonds is 4. The van der Waals surface area contributed by atoms with Gasteiger partial charge in [-0.2, -0.15) is 4.80 Å². The second-order valence-electron chi connectivity index (χ2n) is 6.35. The molecule has 1 amide bonds. The van der Waals surface area contributed by atoms with Gasteiger partial charge in [-0.15, -0.1) is 10.2 Å². The first kappa shape index (κ1) is 17.9. The summed E-state index contributed by atoms with van der Waals surface area (Å²) < 4.78 is 0. The van der Waals surface area contributed by atoms with Crippen molar-refractivity contribution in [1.82, 2.24) is 15.0 Å². The number of aromatic nitrogens is 3.